The Morgan fingerprint density at radius 2 is 2.06 bits per heavy atom. The molecular formula is C12H26N2OS. The van der Waals surface area contributed by atoms with Crippen LogP contribution in [0.25, 0.3) is 0 Å². The average Bonchev–Trinajstić information content (AvgIpc) is 2.29. The largest absolute Gasteiger partial charge is 0.309 e. The minimum atomic E-state index is -0.703. The summed E-state index contributed by atoms with van der Waals surface area (Å²) in [5, 5.41) is 3.93. The smallest absolute Gasteiger partial charge is 0.0444 e. The Hall–Kier alpha value is 0.0700. The molecule has 0 aliphatic carbocycles. The standard InChI is InChI=1S/C12H26N2OS/c1-5-12(6-2)10-14(8-7-13-12)9-11(3)16(4)15/h11,13H,5-10H2,1-4H3. The van der Waals surface area contributed by atoms with E-state index in [4.69, 9.17) is 0 Å². The van der Waals surface area contributed by atoms with Gasteiger partial charge >= 0.3 is 0 Å². The predicted molar refractivity (Wildman–Crippen MR) is 71.3 cm³/mol. The van der Waals surface area contributed by atoms with Crippen LogP contribution in [0.5, 0.6) is 0 Å². The highest BCUT2D eigenvalue weighted by molar-refractivity contribution is 7.84. The molecule has 0 aromatic carbocycles. The average molecular weight is 246 g/mol. The van der Waals surface area contributed by atoms with Crippen LogP contribution in [-0.2, 0) is 10.8 Å². The van der Waals surface area contributed by atoms with Crippen molar-refractivity contribution in [3.8, 4) is 0 Å². The summed E-state index contributed by atoms with van der Waals surface area (Å²) in [6.45, 7) is 10.8. The summed E-state index contributed by atoms with van der Waals surface area (Å²) in [5.74, 6) is 0. The Labute approximate surface area is 102 Å². The van der Waals surface area contributed by atoms with Crippen molar-refractivity contribution in [2.75, 3.05) is 32.4 Å². The molecule has 1 aliphatic heterocycles. The van der Waals surface area contributed by atoms with Gasteiger partial charge in [-0.2, -0.15) is 0 Å². The van der Waals surface area contributed by atoms with Crippen molar-refractivity contribution in [3.05, 3.63) is 0 Å². The predicted octanol–water partition coefficient (Wildman–Crippen LogP) is 1.22. The monoisotopic (exact) mass is 246 g/mol. The van der Waals surface area contributed by atoms with E-state index in [2.05, 4.69) is 31.0 Å². The maximum absolute atomic E-state index is 11.4. The van der Waals surface area contributed by atoms with Crippen molar-refractivity contribution < 1.29 is 4.21 Å². The van der Waals surface area contributed by atoms with Gasteiger partial charge < -0.3 is 5.32 Å². The van der Waals surface area contributed by atoms with E-state index in [1.807, 2.05) is 0 Å². The Balaban J connectivity index is 2.53. The molecule has 2 unspecified atom stereocenters. The molecule has 0 spiro atoms. The van der Waals surface area contributed by atoms with E-state index in [0.29, 0.717) is 0 Å². The number of rotatable bonds is 5. The van der Waals surface area contributed by atoms with Crippen LogP contribution >= 0.6 is 0 Å². The number of nitrogens with one attached hydrogen (secondary N) is 1. The van der Waals surface area contributed by atoms with Crippen molar-refractivity contribution in [3.63, 3.8) is 0 Å². The van der Waals surface area contributed by atoms with Crippen molar-refractivity contribution in [1.29, 1.82) is 0 Å². The lowest BCUT2D eigenvalue weighted by molar-refractivity contribution is 0.125. The van der Waals surface area contributed by atoms with Gasteiger partial charge in [-0.3, -0.25) is 9.11 Å². The van der Waals surface area contributed by atoms with Gasteiger partial charge in [0.25, 0.3) is 0 Å². The molecule has 16 heavy (non-hydrogen) atoms. The number of piperazine rings is 1. The minimum Gasteiger partial charge on any atom is -0.309 e. The van der Waals surface area contributed by atoms with Crippen molar-refractivity contribution in [2.24, 2.45) is 0 Å². The molecule has 1 fully saturated rings. The summed E-state index contributed by atoms with van der Waals surface area (Å²) in [5.41, 5.74) is 0.285. The third kappa shape index (κ3) is 3.54. The molecule has 1 rings (SSSR count). The lowest BCUT2D eigenvalue weighted by atomic mass is 9.90. The Kier molecular flexibility index (Phi) is 5.41. The molecule has 3 nitrogen and oxygen atoms in total. The van der Waals surface area contributed by atoms with Crippen LogP contribution in [-0.4, -0.2) is 52.3 Å². The lowest BCUT2D eigenvalue weighted by Crippen LogP contribution is -2.60. The Morgan fingerprint density at radius 3 is 2.56 bits per heavy atom. The van der Waals surface area contributed by atoms with Crippen LogP contribution in [0.1, 0.15) is 33.6 Å². The van der Waals surface area contributed by atoms with Crippen molar-refractivity contribution in [2.45, 2.75) is 44.4 Å². The normalized spacial score (nSPS) is 25.2. The molecule has 1 aliphatic rings. The molecule has 96 valence electrons. The molecule has 1 heterocycles. The molecule has 0 bridgehead atoms. The SMILES string of the molecule is CCC1(CC)CN(CC(C)S(C)=O)CCN1. The van der Waals surface area contributed by atoms with E-state index >= 15 is 0 Å². The van der Waals surface area contributed by atoms with Crippen LogP contribution in [0.3, 0.4) is 0 Å². The second kappa shape index (κ2) is 6.12. The first-order valence-electron chi connectivity index (χ1n) is 6.32. The van der Waals surface area contributed by atoms with Crippen LogP contribution in [0.15, 0.2) is 0 Å². The molecule has 1 N–H and O–H groups in total. The maximum Gasteiger partial charge on any atom is 0.0444 e. The first-order chi connectivity index (χ1) is 7.53. The van der Waals surface area contributed by atoms with Gasteiger partial charge in [-0.15, -0.1) is 0 Å². The molecule has 2 atom stereocenters. The molecule has 0 radical (unpaired) electrons. The molecule has 0 aromatic rings. The first-order valence-corrected chi connectivity index (χ1v) is 7.94. The van der Waals surface area contributed by atoms with Crippen molar-refractivity contribution >= 4 is 10.8 Å². The van der Waals surface area contributed by atoms with Crippen molar-refractivity contribution in [1.82, 2.24) is 10.2 Å². The van der Waals surface area contributed by atoms with E-state index in [9.17, 15) is 4.21 Å². The molecule has 1 saturated heterocycles. The van der Waals surface area contributed by atoms with Crippen LogP contribution in [0, 0.1) is 0 Å². The second-order valence-electron chi connectivity index (χ2n) is 4.96. The van der Waals surface area contributed by atoms with E-state index < -0.39 is 10.8 Å². The van der Waals surface area contributed by atoms with E-state index in [1.54, 1.807) is 6.26 Å². The quantitative estimate of drug-likeness (QED) is 0.791. The summed E-state index contributed by atoms with van der Waals surface area (Å²) in [7, 11) is -0.703. The van der Waals surface area contributed by atoms with Gasteiger partial charge in [-0.05, 0) is 19.8 Å². The van der Waals surface area contributed by atoms with E-state index in [0.717, 1.165) is 26.2 Å². The van der Waals surface area contributed by atoms with Gasteiger partial charge in [0.05, 0.1) is 0 Å². The number of hydrogen-bond acceptors (Lipinski definition) is 3. The molecule has 4 heteroatoms. The zero-order valence-electron chi connectivity index (χ0n) is 11.1. The van der Waals surface area contributed by atoms with Crippen LogP contribution < -0.4 is 5.32 Å². The fourth-order valence-electron chi connectivity index (χ4n) is 2.39. The summed E-state index contributed by atoms with van der Waals surface area (Å²) < 4.78 is 11.4. The highest BCUT2D eigenvalue weighted by Crippen LogP contribution is 2.20. The molecule has 0 aromatic heterocycles. The lowest BCUT2D eigenvalue weighted by Gasteiger charge is -2.43. The number of nitrogens with zero attached hydrogens (tertiary/aromatic N) is 1. The van der Waals surface area contributed by atoms with Gasteiger partial charge in [0.1, 0.15) is 0 Å². The third-order valence-electron chi connectivity index (χ3n) is 3.89. The van der Waals surface area contributed by atoms with E-state index in [-0.39, 0.29) is 10.8 Å². The van der Waals surface area contributed by atoms with E-state index in [1.165, 1.54) is 12.8 Å². The van der Waals surface area contributed by atoms with Crippen LogP contribution in [0.4, 0.5) is 0 Å². The molecule has 0 saturated carbocycles. The van der Waals surface area contributed by atoms with Gasteiger partial charge in [-0.25, -0.2) is 0 Å². The minimum absolute atomic E-state index is 0.282. The fourth-order valence-corrected chi connectivity index (χ4v) is 2.81. The zero-order valence-corrected chi connectivity index (χ0v) is 11.9. The summed E-state index contributed by atoms with van der Waals surface area (Å²) >= 11 is 0. The summed E-state index contributed by atoms with van der Waals surface area (Å²) in [6.07, 6.45) is 4.15. The molecule has 0 amide bonds. The maximum atomic E-state index is 11.4. The Morgan fingerprint density at radius 1 is 1.44 bits per heavy atom. The topological polar surface area (TPSA) is 32.3 Å². The fraction of sp³-hybridized carbons (Fsp3) is 1.00. The van der Waals surface area contributed by atoms with Gasteiger partial charge in [0.15, 0.2) is 0 Å². The molecular weight excluding hydrogens is 220 g/mol. The highest BCUT2D eigenvalue weighted by atomic mass is 32.2. The summed E-state index contributed by atoms with van der Waals surface area (Å²) in [4.78, 5) is 2.47. The van der Waals surface area contributed by atoms with Crippen LogP contribution in [0.2, 0.25) is 0 Å². The third-order valence-corrected chi connectivity index (χ3v) is 5.17. The second-order valence-corrected chi connectivity index (χ2v) is 6.76. The zero-order chi connectivity index (χ0) is 12.2. The highest BCUT2D eigenvalue weighted by Gasteiger charge is 2.32. The first kappa shape index (κ1) is 14.1. The summed E-state index contributed by atoms with van der Waals surface area (Å²) in [6, 6.07) is 0. The Bertz CT molecular complexity index is 241. The number of hydrogen-bond donors (Lipinski definition) is 1. The van der Waals surface area contributed by atoms with Gasteiger partial charge in [0.2, 0.25) is 0 Å². The van der Waals surface area contributed by atoms with Gasteiger partial charge in [0, 0.05) is 54.0 Å². The van der Waals surface area contributed by atoms with Gasteiger partial charge in [-0.1, -0.05) is 13.8 Å².